The van der Waals surface area contributed by atoms with Gasteiger partial charge in [-0.3, -0.25) is 9.36 Å². The van der Waals surface area contributed by atoms with Gasteiger partial charge in [0.2, 0.25) is 18.6 Å². The van der Waals surface area contributed by atoms with Crippen LogP contribution in [0.25, 0.3) is 5.69 Å². The molecule has 34 heavy (non-hydrogen) atoms. The van der Waals surface area contributed by atoms with E-state index in [2.05, 4.69) is 51.6 Å². The minimum Gasteiger partial charge on any atom is -0.454 e. The van der Waals surface area contributed by atoms with E-state index in [-0.39, 0.29) is 18.0 Å². The zero-order valence-corrected chi connectivity index (χ0v) is 20.0. The van der Waals surface area contributed by atoms with Gasteiger partial charge in [0, 0.05) is 19.6 Å². The number of nitrogens with zero attached hydrogens (tertiary/aromatic N) is 4. The van der Waals surface area contributed by atoms with Crippen molar-refractivity contribution in [2.24, 2.45) is 0 Å². The fourth-order valence-electron chi connectivity index (χ4n) is 3.82. The Bertz CT molecular complexity index is 1160. The predicted molar refractivity (Wildman–Crippen MR) is 129 cm³/mol. The summed E-state index contributed by atoms with van der Waals surface area (Å²) >= 11 is 1.39. The van der Waals surface area contributed by atoms with Crippen LogP contribution in [-0.2, 0) is 16.1 Å². The first-order valence-corrected chi connectivity index (χ1v) is 12.1. The molecular formula is C24H27N5O4S. The van der Waals surface area contributed by atoms with Crippen LogP contribution < -0.4 is 19.7 Å². The van der Waals surface area contributed by atoms with E-state index in [1.165, 1.54) is 17.3 Å². The largest absolute Gasteiger partial charge is 0.454 e. The molecule has 3 aromatic rings. The maximum Gasteiger partial charge on any atom is 0.233 e. The second-order valence-corrected chi connectivity index (χ2v) is 9.53. The van der Waals surface area contributed by atoms with Crippen molar-refractivity contribution in [3.05, 3.63) is 53.6 Å². The lowest BCUT2D eigenvalue weighted by Crippen LogP contribution is -2.38. The molecule has 10 heteroatoms. The van der Waals surface area contributed by atoms with Gasteiger partial charge in [0.15, 0.2) is 16.7 Å². The number of anilines is 1. The first kappa shape index (κ1) is 22.5. The molecular weight excluding hydrogens is 454 g/mol. The number of thioether (sulfide) groups is 1. The van der Waals surface area contributed by atoms with E-state index >= 15 is 0 Å². The second kappa shape index (κ2) is 9.94. The molecule has 1 amide bonds. The van der Waals surface area contributed by atoms with Gasteiger partial charge in [0.25, 0.3) is 0 Å². The van der Waals surface area contributed by atoms with Gasteiger partial charge in [0.1, 0.15) is 0 Å². The standard InChI is InChI=1S/C24H27N5O4S/c1-16-3-6-19(7-4-16)29-23(28-9-11-31-12-10-28)26-27-24(29)34-17(2)22(30)25-14-18-5-8-20-21(13-18)33-15-32-20/h3-8,13,17H,9-12,14-15H2,1-2H3,(H,25,30). The van der Waals surface area contributed by atoms with Crippen molar-refractivity contribution >= 4 is 23.6 Å². The van der Waals surface area contributed by atoms with Crippen LogP contribution in [0.2, 0.25) is 0 Å². The monoisotopic (exact) mass is 481 g/mol. The number of aryl methyl sites for hydroxylation is 1. The van der Waals surface area contributed by atoms with Crippen LogP contribution >= 0.6 is 11.8 Å². The summed E-state index contributed by atoms with van der Waals surface area (Å²) in [7, 11) is 0. The first-order valence-electron chi connectivity index (χ1n) is 11.3. The van der Waals surface area contributed by atoms with Crippen molar-refractivity contribution in [3.63, 3.8) is 0 Å². The summed E-state index contributed by atoms with van der Waals surface area (Å²) in [5.41, 5.74) is 3.09. The van der Waals surface area contributed by atoms with Gasteiger partial charge in [-0.25, -0.2) is 0 Å². The smallest absolute Gasteiger partial charge is 0.233 e. The molecule has 9 nitrogen and oxygen atoms in total. The van der Waals surface area contributed by atoms with E-state index in [0.29, 0.717) is 30.7 Å². The number of hydrogen-bond donors (Lipinski definition) is 1. The highest BCUT2D eigenvalue weighted by molar-refractivity contribution is 8.00. The van der Waals surface area contributed by atoms with Crippen LogP contribution in [0.4, 0.5) is 5.95 Å². The lowest BCUT2D eigenvalue weighted by Gasteiger charge is -2.28. The molecule has 1 unspecified atom stereocenters. The summed E-state index contributed by atoms with van der Waals surface area (Å²) in [6, 6.07) is 13.9. The van der Waals surface area contributed by atoms with Crippen molar-refractivity contribution in [2.75, 3.05) is 38.0 Å². The third-order valence-corrected chi connectivity index (χ3v) is 6.80. The Hall–Kier alpha value is -3.24. The van der Waals surface area contributed by atoms with Crippen molar-refractivity contribution in [3.8, 4) is 17.2 Å². The molecule has 1 atom stereocenters. The number of hydrogen-bond acceptors (Lipinski definition) is 8. The van der Waals surface area contributed by atoms with E-state index in [0.717, 1.165) is 36.0 Å². The molecule has 2 aliphatic heterocycles. The van der Waals surface area contributed by atoms with E-state index in [9.17, 15) is 4.79 Å². The summed E-state index contributed by atoms with van der Waals surface area (Å²) in [4.78, 5) is 15.1. The Kier molecular flexibility index (Phi) is 6.59. The van der Waals surface area contributed by atoms with E-state index in [1.807, 2.05) is 29.7 Å². The molecule has 0 spiro atoms. The van der Waals surface area contributed by atoms with Gasteiger partial charge >= 0.3 is 0 Å². The minimum absolute atomic E-state index is 0.0750. The Labute approximate surface area is 202 Å². The average Bonchev–Trinajstić information content (AvgIpc) is 3.50. The topological polar surface area (TPSA) is 90.7 Å². The minimum atomic E-state index is -0.361. The van der Waals surface area contributed by atoms with Crippen molar-refractivity contribution in [2.45, 2.75) is 30.8 Å². The molecule has 0 saturated carbocycles. The Balaban J connectivity index is 1.31. The van der Waals surface area contributed by atoms with Crippen LogP contribution in [0, 0.1) is 6.92 Å². The molecule has 1 aromatic heterocycles. The fraction of sp³-hybridized carbons (Fsp3) is 0.375. The summed E-state index contributed by atoms with van der Waals surface area (Å²) < 4.78 is 18.3. The number of fused-ring (bicyclic) bond motifs is 1. The number of nitrogens with one attached hydrogen (secondary N) is 1. The van der Waals surface area contributed by atoms with Crippen LogP contribution in [-0.4, -0.2) is 59.0 Å². The van der Waals surface area contributed by atoms with Gasteiger partial charge in [-0.15, -0.1) is 10.2 Å². The van der Waals surface area contributed by atoms with Gasteiger partial charge in [-0.1, -0.05) is 35.5 Å². The zero-order valence-electron chi connectivity index (χ0n) is 19.2. The number of carbonyl (C=O) groups excluding carboxylic acids is 1. The number of aromatic nitrogens is 3. The third kappa shape index (κ3) is 4.83. The Morgan fingerprint density at radius 1 is 1.09 bits per heavy atom. The molecule has 0 bridgehead atoms. The van der Waals surface area contributed by atoms with Gasteiger partial charge in [-0.2, -0.15) is 0 Å². The van der Waals surface area contributed by atoms with Gasteiger partial charge < -0.3 is 24.4 Å². The predicted octanol–water partition coefficient (Wildman–Crippen LogP) is 2.94. The molecule has 5 rings (SSSR count). The van der Waals surface area contributed by atoms with Crippen LogP contribution in [0.3, 0.4) is 0 Å². The molecule has 1 N–H and O–H groups in total. The maximum absolute atomic E-state index is 12.9. The second-order valence-electron chi connectivity index (χ2n) is 8.22. The van der Waals surface area contributed by atoms with Crippen LogP contribution in [0.15, 0.2) is 47.6 Å². The molecule has 1 saturated heterocycles. The fourth-order valence-corrected chi connectivity index (χ4v) is 4.71. The summed E-state index contributed by atoms with van der Waals surface area (Å²) in [6.45, 7) is 7.38. The molecule has 2 aromatic carbocycles. The van der Waals surface area contributed by atoms with Gasteiger partial charge in [0.05, 0.1) is 24.2 Å². The SMILES string of the molecule is Cc1ccc(-n2c(SC(C)C(=O)NCc3ccc4c(c3)OCO4)nnc2N2CCOCC2)cc1. The molecule has 0 aliphatic carbocycles. The normalized spacial score (nSPS) is 15.9. The quantitative estimate of drug-likeness (QED) is 0.515. The molecule has 3 heterocycles. The number of benzene rings is 2. The first-order chi connectivity index (χ1) is 16.6. The summed E-state index contributed by atoms with van der Waals surface area (Å²) in [5, 5.41) is 12.3. The highest BCUT2D eigenvalue weighted by Gasteiger charge is 2.25. The Morgan fingerprint density at radius 2 is 1.85 bits per heavy atom. The maximum atomic E-state index is 12.9. The molecule has 0 radical (unpaired) electrons. The van der Waals surface area contributed by atoms with Crippen molar-refractivity contribution in [1.82, 2.24) is 20.1 Å². The molecule has 2 aliphatic rings. The number of carbonyl (C=O) groups is 1. The zero-order chi connectivity index (χ0) is 23.5. The number of rotatable bonds is 7. The van der Waals surface area contributed by atoms with Crippen LogP contribution in [0.5, 0.6) is 11.5 Å². The molecule has 178 valence electrons. The van der Waals surface area contributed by atoms with Crippen molar-refractivity contribution in [1.29, 1.82) is 0 Å². The van der Waals surface area contributed by atoms with Crippen molar-refractivity contribution < 1.29 is 19.0 Å². The highest BCUT2D eigenvalue weighted by atomic mass is 32.2. The van der Waals surface area contributed by atoms with Gasteiger partial charge in [-0.05, 0) is 43.7 Å². The van der Waals surface area contributed by atoms with E-state index < -0.39 is 0 Å². The number of morpholine rings is 1. The molecule has 1 fully saturated rings. The number of ether oxygens (including phenoxy) is 3. The van der Waals surface area contributed by atoms with Crippen LogP contribution in [0.1, 0.15) is 18.1 Å². The lowest BCUT2D eigenvalue weighted by atomic mass is 10.2. The highest BCUT2D eigenvalue weighted by Crippen LogP contribution is 2.33. The van der Waals surface area contributed by atoms with E-state index in [1.54, 1.807) is 0 Å². The Morgan fingerprint density at radius 3 is 2.65 bits per heavy atom. The lowest BCUT2D eigenvalue weighted by molar-refractivity contribution is -0.120. The summed E-state index contributed by atoms with van der Waals surface area (Å²) in [6.07, 6.45) is 0. The average molecular weight is 482 g/mol. The number of amides is 1. The summed E-state index contributed by atoms with van der Waals surface area (Å²) in [5.74, 6) is 2.12. The van der Waals surface area contributed by atoms with E-state index in [4.69, 9.17) is 14.2 Å². The third-order valence-electron chi connectivity index (χ3n) is 5.76.